The summed E-state index contributed by atoms with van der Waals surface area (Å²) < 4.78 is 29.5. The van der Waals surface area contributed by atoms with Crippen LogP contribution in [0.4, 0.5) is 5.69 Å². The Hall–Kier alpha value is -3.89. The van der Waals surface area contributed by atoms with Crippen LogP contribution >= 0.6 is 7.82 Å². The third kappa shape index (κ3) is 5.66. The quantitative estimate of drug-likeness (QED) is 0.220. The molecule has 1 N–H and O–H groups in total. The molecule has 198 valence electrons. The summed E-state index contributed by atoms with van der Waals surface area (Å²) in [6.45, 7) is 6.80. The summed E-state index contributed by atoms with van der Waals surface area (Å²) in [5.74, 6) is 0.172. The third-order valence-corrected chi connectivity index (χ3v) is 7.00. The smallest absolute Gasteiger partial charge is 0.474 e. The van der Waals surface area contributed by atoms with E-state index in [4.69, 9.17) is 13.8 Å². The van der Waals surface area contributed by atoms with Crippen molar-refractivity contribution in [2.24, 2.45) is 0 Å². The summed E-state index contributed by atoms with van der Waals surface area (Å²) >= 11 is 0. The predicted molar refractivity (Wildman–Crippen MR) is 144 cm³/mol. The van der Waals surface area contributed by atoms with E-state index >= 15 is 0 Å². The zero-order chi connectivity index (χ0) is 27.4. The number of hydrogen-bond donors (Lipinski definition) is 1. The van der Waals surface area contributed by atoms with Crippen LogP contribution in [0.5, 0.6) is 5.88 Å². The number of fused-ring (bicyclic) bond motifs is 1. The second-order valence-electron chi connectivity index (χ2n) is 8.26. The van der Waals surface area contributed by atoms with E-state index in [0.717, 1.165) is 27.6 Å². The topological polar surface area (TPSA) is 129 Å². The van der Waals surface area contributed by atoms with Gasteiger partial charge in [-0.1, -0.05) is 6.58 Å². The van der Waals surface area contributed by atoms with E-state index in [1.807, 2.05) is 18.2 Å². The summed E-state index contributed by atoms with van der Waals surface area (Å²) in [7, 11) is -1.10. The number of hydrogen-bond acceptors (Lipinski definition) is 8. The highest BCUT2D eigenvalue weighted by Gasteiger charge is 2.26. The van der Waals surface area contributed by atoms with Crippen molar-refractivity contribution in [3.05, 3.63) is 67.9 Å². The van der Waals surface area contributed by atoms with Gasteiger partial charge in [0.15, 0.2) is 0 Å². The highest BCUT2D eigenvalue weighted by molar-refractivity contribution is 7.47. The van der Waals surface area contributed by atoms with Gasteiger partial charge in [-0.05, 0) is 43.7 Å². The van der Waals surface area contributed by atoms with Crippen molar-refractivity contribution in [2.45, 2.75) is 20.1 Å². The fraction of sp³-hybridized carbons (Fsp3) is 0.231. The molecule has 2 atom stereocenters. The molecule has 0 bridgehead atoms. The van der Waals surface area contributed by atoms with Gasteiger partial charge in [0.1, 0.15) is 11.9 Å². The van der Waals surface area contributed by atoms with Crippen LogP contribution in [0.15, 0.2) is 67.9 Å². The predicted octanol–water partition coefficient (Wildman–Crippen LogP) is 4.99. The maximum atomic E-state index is 12.3. The van der Waals surface area contributed by atoms with E-state index in [1.165, 1.54) is 18.1 Å². The molecule has 4 aromatic heterocycles. The molecular weight excluding hydrogens is 509 g/mol. The minimum atomic E-state index is -4.28. The second kappa shape index (κ2) is 11.2. The van der Waals surface area contributed by atoms with Gasteiger partial charge in [0, 0.05) is 60.0 Å². The molecule has 0 aliphatic carbocycles. The molecule has 0 aromatic carbocycles. The third-order valence-electron chi connectivity index (χ3n) is 5.84. The number of phosphoric ester groups is 1. The molecule has 38 heavy (non-hydrogen) atoms. The largest absolute Gasteiger partial charge is 0.481 e. The Morgan fingerprint density at radius 3 is 2.68 bits per heavy atom. The van der Waals surface area contributed by atoms with Crippen LogP contribution in [0.1, 0.15) is 20.1 Å². The minimum absolute atomic E-state index is 0.0251. The fourth-order valence-corrected chi connectivity index (χ4v) is 4.83. The maximum absolute atomic E-state index is 12.3. The van der Waals surface area contributed by atoms with E-state index in [2.05, 4.69) is 21.5 Å². The van der Waals surface area contributed by atoms with E-state index in [-0.39, 0.29) is 12.5 Å². The van der Waals surface area contributed by atoms with Gasteiger partial charge in [-0.25, -0.2) is 14.5 Å². The molecule has 11 nitrogen and oxygen atoms in total. The number of rotatable bonds is 10. The molecule has 2 unspecified atom stereocenters. The summed E-state index contributed by atoms with van der Waals surface area (Å²) in [5, 5.41) is 0.747. The minimum Gasteiger partial charge on any atom is -0.481 e. The first-order valence-electron chi connectivity index (χ1n) is 11.7. The Labute approximate surface area is 220 Å². The van der Waals surface area contributed by atoms with E-state index in [1.54, 1.807) is 62.5 Å². The van der Waals surface area contributed by atoms with Gasteiger partial charge >= 0.3 is 7.82 Å². The number of likely N-dealkylation sites (N-methyl/N-ethyl adjacent to an activating group) is 1. The first kappa shape index (κ1) is 27.2. The molecule has 1 amide bonds. The number of ether oxygens (including phenoxy) is 1. The van der Waals surface area contributed by atoms with Crippen molar-refractivity contribution in [1.82, 2.24) is 19.5 Å². The van der Waals surface area contributed by atoms with Gasteiger partial charge in [-0.2, -0.15) is 0 Å². The molecule has 0 saturated heterocycles. The first-order chi connectivity index (χ1) is 18.2. The summed E-state index contributed by atoms with van der Waals surface area (Å²) in [5.41, 5.74) is 4.19. The Morgan fingerprint density at radius 1 is 1.21 bits per heavy atom. The van der Waals surface area contributed by atoms with Crippen LogP contribution in [0.2, 0.25) is 0 Å². The van der Waals surface area contributed by atoms with Crippen molar-refractivity contribution in [3.8, 4) is 28.1 Å². The molecular formula is C26H28N5O6P. The highest BCUT2D eigenvalue weighted by Crippen LogP contribution is 2.47. The average Bonchev–Trinajstić information content (AvgIpc) is 3.31. The number of carbonyl (C=O) groups excluding carboxylic acids is 1. The molecule has 4 heterocycles. The number of aromatic nitrogens is 4. The molecule has 0 saturated carbocycles. The van der Waals surface area contributed by atoms with Gasteiger partial charge in [-0.15, -0.1) is 0 Å². The second-order valence-corrected chi connectivity index (χ2v) is 9.66. The molecule has 0 aliphatic heterocycles. The summed E-state index contributed by atoms with van der Waals surface area (Å²) in [4.78, 5) is 36.7. The van der Waals surface area contributed by atoms with E-state index in [9.17, 15) is 14.3 Å². The SMILES string of the molecule is C=CC(=O)N(C)c1cncc(-c2cnc3c(c2)c(-c2ccnc(OC)c2)cn3C(C)OP(=O)(O)OCC)c1. The number of carbonyl (C=O) groups is 1. The van der Waals surface area contributed by atoms with Crippen LogP contribution in [-0.4, -0.2) is 51.1 Å². The van der Waals surface area contributed by atoms with Gasteiger partial charge in [0.25, 0.3) is 0 Å². The lowest BCUT2D eigenvalue weighted by molar-refractivity contribution is -0.113. The molecule has 0 spiro atoms. The van der Waals surface area contributed by atoms with Crippen LogP contribution < -0.4 is 9.64 Å². The lowest BCUT2D eigenvalue weighted by atomic mass is 10.0. The van der Waals surface area contributed by atoms with Crippen molar-refractivity contribution < 1.29 is 28.0 Å². The van der Waals surface area contributed by atoms with Gasteiger partial charge in [-0.3, -0.25) is 18.8 Å². The van der Waals surface area contributed by atoms with Crippen LogP contribution in [-0.2, 0) is 18.4 Å². The number of anilines is 1. The molecule has 4 aromatic rings. The zero-order valence-electron chi connectivity index (χ0n) is 21.4. The van der Waals surface area contributed by atoms with Gasteiger partial charge < -0.3 is 19.1 Å². The van der Waals surface area contributed by atoms with Crippen LogP contribution in [0.3, 0.4) is 0 Å². The maximum Gasteiger partial charge on any atom is 0.474 e. The van der Waals surface area contributed by atoms with Gasteiger partial charge in [0.05, 0.1) is 25.6 Å². The molecule has 12 heteroatoms. The Morgan fingerprint density at radius 2 is 1.97 bits per heavy atom. The number of methoxy groups -OCH3 is 1. The lowest BCUT2D eigenvalue weighted by Crippen LogP contribution is -2.23. The normalized spacial score (nSPS) is 13.6. The van der Waals surface area contributed by atoms with E-state index in [0.29, 0.717) is 17.2 Å². The number of amides is 1. The van der Waals surface area contributed by atoms with Crippen molar-refractivity contribution in [3.63, 3.8) is 0 Å². The fourth-order valence-electron chi connectivity index (χ4n) is 3.96. The lowest BCUT2D eigenvalue weighted by Gasteiger charge is -2.18. The Kier molecular flexibility index (Phi) is 8.03. The van der Waals surface area contributed by atoms with E-state index < -0.39 is 14.1 Å². The number of phosphoric acid groups is 1. The average molecular weight is 538 g/mol. The van der Waals surface area contributed by atoms with Gasteiger partial charge in [0.2, 0.25) is 11.8 Å². The van der Waals surface area contributed by atoms with Crippen molar-refractivity contribution in [2.75, 3.05) is 25.7 Å². The Balaban J connectivity index is 1.85. The van der Waals surface area contributed by atoms with Crippen molar-refractivity contribution in [1.29, 1.82) is 0 Å². The first-order valence-corrected chi connectivity index (χ1v) is 13.2. The number of pyridine rings is 3. The van der Waals surface area contributed by atoms with Crippen molar-refractivity contribution >= 4 is 30.5 Å². The standard InChI is InChI=1S/C26H28N5O6P/c1-6-25(32)30(4)21-10-19(13-27-15-21)20-11-22-23(18-8-9-28-24(12-18)35-5)16-31(26(22)29-14-20)17(3)37-38(33,34)36-7-2/h6,8-17H,1,7H2,2-5H3,(H,33,34). The zero-order valence-corrected chi connectivity index (χ0v) is 22.3. The highest BCUT2D eigenvalue weighted by atomic mass is 31.2. The Bertz CT molecular complexity index is 1540. The summed E-state index contributed by atoms with van der Waals surface area (Å²) in [6.07, 6.45) is 8.72. The molecule has 0 aliphatic rings. The molecule has 4 rings (SSSR count). The molecule has 0 radical (unpaired) electrons. The summed E-state index contributed by atoms with van der Waals surface area (Å²) in [6, 6.07) is 7.38. The van der Waals surface area contributed by atoms with Crippen LogP contribution in [0, 0.1) is 0 Å². The monoisotopic (exact) mass is 537 g/mol. The van der Waals surface area contributed by atoms with Crippen LogP contribution in [0.25, 0.3) is 33.3 Å². The molecule has 0 fully saturated rings. The number of nitrogens with zero attached hydrogens (tertiary/aromatic N) is 5.